The van der Waals surface area contributed by atoms with Gasteiger partial charge >= 0.3 is 7.12 Å². The lowest BCUT2D eigenvalue weighted by Gasteiger charge is -2.35. The second-order valence-corrected chi connectivity index (χ2v) is 6.68. The molecule has 4 N–H and O–H groups in total. The first-order chi connectivity index (χ1) is 12.9. The van der Waals surface area contributed by atoms with Crippen LogP contribution in [0.2, 0.25) is 0 Å². The number of amides is 1. The molecule has 1 fully saturated rings. The molecule has 0 atom stereocenters. The number of anilines is 1. The molecule has 8 heteroatoms. The molecule has 1 aliphatic heterocycles. The molecule has 7 nitrogen and oxygen atoms in total. The predicted octanol–water partition coefficient (Wildman–Crippen LogP) is -0.107. The number of piperazine rings is 1. The Kier molecular flexibility index (Phi) is 5.69. The number of rotatable bonds is 5. The Morgan fingerprint density at radius 1 is 1.15 bits per heavy atom. The first-order valence-corrected chi connectivity index (χ1v) is 8.83. The van der Waals surface area contributed by atoms with Crippen LogP contribution in [0.3, 0.4) is 0 Å². The zero-order chi connectivity index (χ0) is 19.6. The van der Waals surface area contributed by atoms with Gasteiger partial charge in [0, 0.05) is 31.7 Å². The summed E-state index contributed by atoms with van der Waals surface area (Å²) in [6, 6.07) is 10.6. The number of methoxy groups -OCH3 is 1. The van der Waals surface area contributed by atoms with Gasteiger partial charge in [0.05, 0.1) is 12.8 Å². The average Bonchev–Trinajstić information content (AvgIpc) is 2.67. The highest BCUT2D eigenvalue weighted by molar-refractivity contribution is 6.60. The number of hydrogen-bond donors (Lipinski definition) is 3. The molecule has 2 aromatic rings. The minimum Gasteiger partial charge on any atom is -0.495 e. The van der Waals surface area contributed by atoms with Crippen LogP contribution in [0.4, 0.5) is 5.69 Å². The highest BCUT2D eigenvalue weighted by Crippen LogP contribution is 2.34. The maximum absolute atomic E-state index is 12.0. The largest absolute Gasteiger partial charge is 0.495 e. The summed E-state index contributed by atoms with van der Waals surface area (Å²) in [4.78, 5) is 16.5. The normalized spacial score (nSPS) is 14.9. The van der Waals surface area contributed by atoms with Crippen LogP contribution in [-0.4, -0.2) is 68.3 Å². The van der Waals surface area contributed by atoms with Gasteiger partial charge in [0.1, 0.15) is 5.75 Å². The van der Waals surface area contributed by atoms with E-state index in [2.05, 4.69) is 16.8 Å². The van der Waals surface area contributed by atoms with Gasteiger partial charge in [0.25, 0.3) is 0 Å². The molecule has 0 bridgehead atoms. The minimum absolute atomic E-state index is 0.0944. The lowest BCUT2D eigenvalue weighted by Crippen LogP contribution is -2.44. The number of benzene rings is 2. The Hall–Kier alpha value is -2.55. The van der Waals surface area contributed by atoms with Gasteiger partial charge in [-0.05, 0) is 35.8 Å². The lowest BCUT2D eigenvalue weighted by atomic mass is 9.74. The fourth-order valence-corrected chi connectivity index (χ4v) is 3.45. The van der Waals surface area contributed by atoms with Crippen molar-refractivity contribution in [2.75, 3.05) is 45.2 Å². The Balaban J connectivity index is 2.09. The van der Waals surface area contributed by atoms with Crippen LogP contribution in [0, 0.1) is 0 Å². The number of hydrogen-bond acceptors (Lipinski definition) is 6. The zero-order valence-electron chi connectivity index (χ0n) is 15.6. The van der Waals surface area contributed by atoms with E-state index in [0.717, 1.165) is 43.2 Å². The van der Waals surface area contributed by atoms with Crippen molar-refractivity contribution in [3.63, 3.8) is 0 Å². The molecule has 0 saturated carbocycles. The van der Waals surface area contributed by atoms with Crippen LogP contribution >= 0.6 is 0 Å². The molecule has 0 radical (unpaired) electrons. The average molecular weight is 369 g/mol. The van der Waals surface area contributed by atoms with E-state index in [4.69, 9.17) is 10.5 Å². The molecule has 0 unspecified atom stereocenters. The number of carbonyl (C=O) groups excluding carboxylic acids is 1. The Morgan fingerprint density at radius 2 is 1.85 bits per heavy atom. The molecule has 0 aromatic heterocycles. The van der Waals surface area contributed by atoms with Crippen molar-refractivity contribution in [3.05, 3.63) is 42.0 Å². The molecular weight excluding hydrogens is 345 g/mol. The van der Waals surface area contributed by atoms with Gasteiger partial charge in [-0.1, -0.05) is 24.3 Å². The summed E-state index contributed by atoms with van der Waals surface area (Å²) in [5.41, 5.74) is 8.01. The van der Waals surface area contributed by atoms with E-state index >= 15 is 0 Å². The van der Waals surface area contributed by atoms with Crippen molar-refractivity contribution in [1.82, 2.24) is 4.90 Å². The van der Waals surface area contributed by atoms with Crippen LogP contribution in [0.15, 0.2) is 36.4 Å². The van der Waals surface area contributed by atoms with Crippen LogP contribution in [0.1, 0.15) is 10.4 Å². The molecule has 3 rings (SSSR count). The van der Waals surface area contributed by atoms with Crippen molar-refractivity contribution in [2.45, 2.75) is 0 Å². The van der Waals surface area contributed by atoms with Crippen LogP contribution in [-0.2, 0) is 0 Å². The smallest absolute Gasteiger partial charge is 0.489 e. The fraction of sp³-hybridized carbons (Fsp3) is 0.316. The van der Waals surface area contributed by atoms with Gasteiger partial charge in [-0.3, -0.25) is 4.79 Å². The van der Waals surface area contributed by atoms with E-state index in [1.54, 1.807) is 19.2 Å². The third-order valence-corrected chi connectivity index (χ3v) is 4.96. The van der Waals surface area contributed by atoms with Crippen molar-refractivity contribution in [3.8, 4) is 16.9 Å². The van der Waals surface area contributed by atoms with Gasteiger partial charge in [0.2, 0.25) is 5.91 Å². The maximum atomic E-state index is 12.0. The van der Waals surface area contributed by atoms with Crippen LogP contribution in [0.25, 0.3) is 11.1 Å². The minimum atomic E-state index is -1.78. The first-order valence-electron chi connectivity index (χ1n) is 8.83. The zero-order valence-corrected chi connectivity index (χ0v) is 15.6. The first kappa shape index (κ1) is 19.2. The SMILES string of the molecule is COc1ccc(-c2cccc(B(O)O)c2C(N)=O)cc1N1CCN(C)CC1. The summed E-state index contributed by atoms with van der Waals surface area (Å²) in [5.74, 6) is 0.0490. The molecule has 1 amide bonds. The lowest BCUT2D eigenvalue weighted by molar-refractivity contribution is 0.100. The molecule has 1 saturated heterocycles. The van der Waals surface area contributed by atoms with Crippen molar-refractivity contribution >= 4 is 24.2 Å². The molecular formula is C19H24BN3O4. The van der Waals surface area contributed by atoms with E-state index in [1.165, 1.54) is 6.07 Å². The van der Waals surface area contributed by atoms with E-state index in [-0.39, 0.29) is 11.0 Å². The Labute approximate surface area is 159 Å². The number of ether oxygens (including phenoxy) is 1. The van der Waals surface area contributed by atoms with E-state index < -0.39 is 13.0 Å². The van der Waals surface area contributed by atoms with Gasteiger partial charge in [0.15, 0.2) is 0 Å². The molecule has 0 aliphatic carbocycles. The molecule has 0 spiro atoms. The van der Waals surface area contributed by atoms with E-state index in [0.29, 0.717) is 5.56 Å². The summed E-state index contributed by atoms with van der Waals surface area (Å²) in [7, 11) is 1.95. The van der Waals surface area contributed by atoms with Gasteiger partial charge in [-0.2, -0.15) is 0 Å². The van der Waals surface area contributed by atoms with Crippen molar-refractivity contribution < 1.29 is 19.6 Å². The fourth-order valence-electron chi connectivity index (χ4n) is 3.45. The number of primary amides is 1. The summed E-state index contributed by atoms with van der Waals surface area (Å²) in [5, 5.41) is 19.2. The number of nitrogens with zero attached hydrogens (tertiary/aromatic N) is 2. The number of nitrogens with two attached hydrogens (primary N) is 1. The monoisotopic (exact) mass is 369 g/mol. The highest BCUT2D eigenvalue weighted by atomic mass is 16.5. The number of carbonyl (C=O) groups is 1. The topological polar surface area (TPSA) is 99.3 Å². The predicted molar refractivity (Wildman–Crippen MR) is 106 cm³/mol. The third kappa shape index (κ3) is 3.92. The summed E-state index contributed by atoms with van der Waals surface area (Å²) >= 11 is 0. The molecule has 27 heavy (non-hydrogen) atoms. The Morgan fingerprint density at radius 3 is 2.44 bits per heavy atom. The molecule has 1 heterocycles. The highest BCUT2D eigenvalue weighted by Gasteiger charge is 2.24. The van der Waals surface area contributed by atoms with Gasteiger partial charge in [-0.25, -0.2) is 0 Å². The molecule has 1 aliphatic rings. The van der Waals surface area contributed by atoms with Crippen molar-refractivity contribution in [2.24, 2.45) is 5.73 Å². The second kappa shape index (κ2) is 8.00. The van der Waals surface area contributed by atoms with E-state index in [9.17, 15) is 14.8 Å². The maximum Gasteiger partial charge on any atom is 0.489 e. The standard InChI is InChI=1S/C19H24BN3O4/c1-22-8-10-23(11-9-22)16-12-13(6-7-17(16)27-2)14-4-3-5-15(20(25)26)18(14)19(21)24/h3-7,12,25-26H,8-11H2,1-2H3,(H2,21,24). The summed E-state index contributed by atoms with van der Waals surface area (Å²) in [6.07, 6.45) is 0. The van der Waals surface area contributed by atoms with Gasteiger partial charge < -0.3 is 30.3 Å². The number of likely N-dealkylation sites (N-methyl/N-ethyl adjacent to an activating group) is 1. The second-order valence-electron chi connectivity index (χ2n) is 6.68. The third-order valence-electron chi connectivity index (χ3n) is 4.96. The summed E-state index contributed by atoms with van der Waals surface area (Å²) < 4.78 is 5.53. The van der Waals surface area contributed by atoms with E-state index in [1.807, 2.05) is 18.2 Å². The van der Waals surface area contributed by atoms with Gasteiger partial charge in [-0.15, -0.1) is 0 Å². The Bertz CT molecular complexity index is 836. The molecule has 142 valence electrons. The summed E-state index contributed by atoms with van der Waals surface area (Å²) in [6.45, 7) is 3.64. The van der Waals surface area contributed by atoms with Crippen LogP contribution < -0.4 is 20.8 Å². The molecule has 2 aromatic carbocycles. The quantitative estimate of drug-likeness (QED) is 0.637. The van der Waals surface area contributed by atoms with Crippen LogP contribution in [0.5, 0.6) is 5.75 Å². The van der Waals surface area contributed by atoms with Crippen molar-refractivity contribution in [1.29, 1.82) is 0 Å².